The summed E-state index contributed by atoms with van der Waals surface area (Å²) in [6.45, 7) is 2.13. The van der Waals surface area contributed by atoms with Crippen LogP contribution in [-0.2, 0) is 9.53 Å². The first-order chi connectivity index (χ1) is 14.0. The summed E-state index contributed by atoms with van der Waals surface area (Å²) in [5.41, 5.74) is 2.07. The van der Waals surface area contributed by atoms with Crippen molar-refractivity contribution in [3.05, 3.63) is 53.6 Å². The largest absolute Gasteiger partial charge is 0.497 e. The zero-order valence-electron chi connectivity index (χ0n) is 16.9. The van der Waals surface area contributed by atoms with Gasteiger partial charge in [-0.3, -0.25) is 9.59 Å². The van der Waals surface area contributed by atoms with E-state index in [0.29, 0.717) is 29.4 Å². The first-order valence-corrected chi connectivity index (χ1v) is 9.52. The third kappa shape index (κ3) is 5.26. The molecule has 1 heterocycles. The lowest BCUT2D eigenvalue weighted by Crippen LogP contribution is -2.38. The average Bonchev–Trinajstić information content (AvgIpc) is 2.73. The van der Waals surface area contributed by atoms with Crippen molar-refractivity contribution in [3.63, 3.8) is 0 Å². The Morgan fingerprint density at radius 2 is 1.83 bits per heavy atom. The van der Waals surface area contributed by atoms with E-state index in [1.807, 2.05) is 24.3 Å². The fraction of sp³-hybridized carbons (Fsp3) is 0.364. The van der Waals surface area contributed by atoms with Gasteiger partial charge in [0.25, 0.3) is 5.91 Å². The third-order valence-electron chi connectivity index (χ3n) is 4.88. The summed E-state index contributed by atoms with van der Waals surface area (Å²) in [6, 6.07) is 12.7. The van der Waals surface area contributed by atoms with Gasteiger partial charge in [0.15, 0.2) is 0 Å². The van der Waals surface area contributed by atoms with Crippen LogP contribution >= 0.6 is 0 Å². The summed E-state index contributed by atoms with van der Waals surface area (Å²) >= 11 is 0. The van der Waals surface area contributed by atoms with Crippen LogP contribution in [0.1, 0.15) is 41.8 Å². The number of nitrogens with one attached hydrogen (secondary N) is 2. The number of hydrogen-bond acceptors (Lipinski definition) is 5. The second kappa shape index (κ2) is 9.43. The summed E-state index contributed by atoms with van der Waals surface area (Å²) in [7, 11) is 3.07. The Bertz CT molecular complexity index is 866. The molecule has 0 aliphatic carbocycles. The van der Waals surface area contributed by atoms with Gasteiger partial charge >= 0.3 is 0 Å². The molecule has 3 rings (SSSR count). The molecule has 7 nitrogen and oxygen atoms in total. The average molecular weight is 398 g/mol. The number of rotatable bonds is 6. The van der Waals surface area contributed by atoms with Gasteiger partial charge in [-0.15, -0.1) is 0 Å². The minimum absolute atomic E-state index is 0.0262. The maximum absolute atomic E-state index is 12.7. The van der Waals surface area contributed by atoms with E-state index in [4.69, 9.17) is 14.2 Å². The lowest BCUT2D eigenvalue weighted by atomic mass is 9.97. The number of benzene rings is 2. The van der Waals surface area contributed by atoms with Crippen LogP contribution in [-0.4, -0.2) is 38.7 Å². The molecule has 0 bridgehead atoms. The molecule has 1 aliphatic rings. The van der Waals surface area contributed by atoms with Crippen molar-refractivity contribution in [3.8, 4) is 11.5 Å². The van der Waals surface area contributed by atoms with E-state index in [-0.39, 0.29) is 24.0 Å². The number of methoxy groups -OCH3 is 2. The van der Waals surface area contributed by atoms with Gasteiger partial charge in [0.2, 0.25) is 5.91 Å². The molecule has 154 valence electrons. The van der Waals surface area contributed by atoms with E-state index >= 15 is 0 Å². The van der Waals surface area contributed by atoms with E-state index < -0.39 is 0 Å². The highest BCUT2D eigenvalue weighted by atomic mass is 16.5. The molecule has 29 heavy (non-hydrogen) atoms. The molecule has 1 saturated heterocycles. The van der Waals surface area contributed by atoms with E-state index in [2.05, 4.69) is 10.6 Å². The van der Waals surface area contributed by atoms with E-state index in [0.717, 1.165) is 18.4 Å². The lowest BCUT2D eigenvalue weighted by Gasteiger charge is -2.30. The van der Waals surface area contributed by atoms with Crippen LogP contribution in [0.4, 0.5) is 5.69 Å². The smallest absolute Gasteiger partial charge is 0.259 e. The van der Waals surface area contributed by atoms with Crippen LogP contribution in [0.2, 0.25) is 0 Å². The standard InChI is InChI=1S/C22H26N2O5/c1-14(25)23-17-10-11-29-21(12-17)15-4-6-16(7-5-15)24-22(26)19-13-18(27-2)8-9-20(19)28-3/h4-9,13,17,21H,10-12H2,1-3H3,(H,23,25)(H,24,26)/t17-,21+/m0/s1. The third-order valence-corrected chi connectivity index (χ3v) is 4.88. The van der Waals surface area contributed by atoms with Gasteiger partial charge in [0.05, 0.1) is 25.9 Å². The zero-order chi connectivity index (χ0) is 20.8. The van der Waals surface area contributed by atoms with Crippen molar-refractivity contribution in [2.45, 2.75) is 31.9 Å². The Labute approximate surface area is 170 Å². The Morgan fingerprint density at radius 3 is 2.48 bits per heavy atom. The second-order valence-electron chi connectivity index (χ2n) is 6.92. The van der Waals surface area contributed by atoms with Crippen molar-refractivity contribution >= 4 is 17.5 Å². The highest BCUT2D eigenvalue weighted by Crippen LogP contribution is 2.29. The molecule has 2 aromatic rings. The highest BCUT2D eigenvalue weighted by Gasteiger charge is 2.24. The maximum Gasteiger partial charge on any atom is 0.259 e. The summed E-state index contributed by atoms with van der Waals surface area (Å²) in [5.74, 6) is 0.740. The molecule has 2 N–H and O–H groups in total. The quantitative estimate of drug-likeness (QED) is 0.780. The van der Waals surface area contributed by atoms with Gasteiger partial charge in [-0.1, -0.05) is 12.1 Å². The first-order valence-electron chi connectivity index (χ1n) is 9.52. The minimum Gasteiger partial charge on any atom is -0.497 e. The molecule has 1 fully saturated rings. The Kier molecular flexibility index (Phi) is 6.72. The predicted octanol–water partition coefficient (Wildman–Crippen LogP) is 3.31. The Hall–Kier alpha value is -3.06. The lowest BCUT2D eigenvalue weighted by molar-refractivity contribution is -0.120. The van der Waals surface area contributed by atoms with Crippen LogP contribution in [0.5, 0.6) is 11.5 Å². The predicted molar refractivity (Wildman–Crippen MR) is 109 cm³/mol. The van der Waals surface area contributed by atoms with Crippen LogP contribution in [0, 0.1) is 0 Å². The first kappa shape index (κ1) is 20.7. The molecule has 0 aromatic heterocycles. The van der Waals surface area contributed by atoms with Gasteiger partial charge in [-0.25, -0.2) is 0 Å². The molecular formula is C22H26N2O5. The Morgan fingerprint density at radius 1 is 1.07 bits per heavy atom. The number of hydrogen-bond donors (Lipinski definition) is 2. The molecule has 0 radical (unpaired) electrons. The van der Waals surface area contributed by atoms with Crippen molar-refractivity contribution in [1.29, 1.82) is 0 Å². The molecule has 2 aromatic carbocycles. The van der Waals surface area contributed by atoms with Gasteiger partial charge in [0.1, 0.15) is 11.5 Å². The van der Waals surface area contributed by atoms with Gasteiger partial charge < -0.3 is 24.8 Å². The fourth-order valence-corrected chi connectivity index (χ4v) is 3.42. The van der Waals surface area contributed by atoms with Crippen molar-refractivity contribution in [2.24, 2.45) is 0 Å². The van der Waals surface area contributed by atoms with Crippen molar-refractivity contribution < 1.29 is 23.8 Å². The molecule has 0 spiro atoms. The number of ether oxygens (including phenoxy) is 3. The van der Waals surface area contributed by atoms with E-state index in [9.17, 15) is 9.59 Å². The number of carbonyl (C=O) groups is 2. The molecule has 7 heteroatoms. The molecule has 2 atom stereocenters. The van der Waals surface area contributed by atoms with Gasteiger partial charge in [-0.2, -0.15) is 0 Å². The molecule has 2 amide bonds. The minimum atomic E-state index is -0.284. The van der Waals surface area contributed by atoms with Crippen molar-refractivity contribution in [2.75, 3.05) is 26.1 Å². The maximum atomic E-state index is 12.7. The van der Waals surface area contributed by atoms with E-state index in [1.54, 1.807) is 25.3 Å². The van der Waals surface area contributed by atoms with E-state index in [1.165, 1.54) is 14.0 Å². The van der Waals surface area contributed by atoms with Crippen LogP contribution in [0.25, 0.3) is 0 Å². The summed E-state index contributed by atoms with van der Waals surface area (Å²) < 4.78 is 16.3. The monoisotopic (exact) mass is 398 g/mol. The fourth-order valence-electron chi connectivity index (χ4n) is 3.42. The van der Waals surface area contributed by atoms with Crippen LogP contribution in [0.15, 0.2) is 42.5 Å². The molecule has 0 saturated carbocycles. The summed E-state index contributed by atoms with van der Waals surface area (Å²) in [6.07, 6.45) is 1.46. The van der Waals surface area contributed by atoms with Gasteiger partial charge in [-0.05, 0) is 48.7 Å². The second-order valence-corrected chi connectivity index (χ2v) is 6.92. The normalized spacial score (nSPS) is 18.6. The number of amides is 2. The zero-order valence-corrected chi connectivity index (χ0v) is 16.9. The van der Waals surface area contributed by atoms with Crippen LogP contribution < -0.4 is 20.1 Å². The highest BCUT2D eigenvalue weighted by molar-refractivity contribution is 6.06. The number of anilines is 1. The summed E-state index contributed by atoms with van der Waals surface area (Å²) in [5, 5.41) is 5.84. The number of carbonyl (C=O) groups excluding carboxylic acids is 2. The SMILES string of the molecule is COc1ccc(OC)c(C(=O)Nc2ccc([C@H]3C[C@@H](NC(C)=O)CCO3)cc2)c1. The molecule has 0 unspecified atom stereocenters. The van der Waals surface area contributed by atoms with Gasteiger partial charge in [0, 0.05) is 25.3 Å². The van der Waals surface area contributed by atoms with Crippen molar-refractivity contribution in [1.82, 2.24) is 5.32 Å². The summed E-state index contributed by atoms with van der Waals surface area (Å²) in [4.78, 5) is 24.0. The topological polar surface area (TPSA) is 85.9 Å². The van der Waals surface area contributed by atoms with Crippen LogP contribution in [0.3, 0.4) is 0 Å². The Balaban J connectivity index is 1.68. The molecule has 1 aliphatic heterocycles. The molecular weight excluding hydrogens is 372 g/mol.